The molecule has 454 valence electrons. The molecule has 0 fully saturated rings. The largest absolute Gasteiger partial charge is 0.490 e. The Kier molecular flexibility index (Phi) is 41.0. The van der Waals surface area contributed by atoms with E-state index < -0.39 is 0 Å². The molecule has 3 aromatic rings. The normalized spacial score (nSPS) is 11.2. The number of hydrogen-bond donors (Lipinski definition) is 2. The Labute approximate surface area is 502 Å². The smallest absolute Gasteiger partial charge is 0.255 e. The molecular weight excluding hydrogens is 1110 g/mol. The van der Waals surface area contributed by atoms with Gasteiger partial charge in [0.1, 0.15) is 0 Å². The van der Waals surface area contributed by atoms with E-state index in [0.717, 1.165) is 86.2 Å². The molecule has 0 atom stereocenters. The molecule has 11 heteroatoms. The average molecular weight is 1230 g/mol. The second-order valence-electron chi connectivity index (χ2n) is 22.3. The molecule has 2 N–H and O–H groups in total. The van der Waals surface area contributed by atoms with E-state index in [4.69, 9.17) is 28.4 Å². The fourth-order valence-corrected chi connectivity index (χ4v) is 10.5. The van der Waals surface area contributed by atoms with Gasteiger partial charge in [0.05, 0.1) is 39.6 Å². The standard InChI is InChI=1S/C69H113IN2O8/c1-8-14-20-26-32-38-44-75-62-50-57(51-63(76-45-39-33-27-21-15-9-2)66(62)79-48-42-36-30-24-18-12-5)68(73)71-60-54-59(70)55-61(56(60)7)72-69(74)58-52-64(77-46-40-34-28-22-16-10-3)67(80-49-43-37-31-25-19-13-6)65(53-58)78-47-41-35-29-23-17-11-4/h50-55H,8-49H2,1-7H3,(H,71,73)(H,72,74). The van der Waals surface area contributed by atoms with E-state index in [1.807, 2.05) is 43.3 Å². The number of anilines is 2. The topological polar surface area (TPSA) is 114 Å². The van der Waals surface area contributed by atoms with Crippen LogP contribution < -0.4 is 39.1 Å². The van der Waals surface area contributed by atoms with Crippen LogP contribution in [0.4, 0.5) is 11.4 Å². The van der Waals surface area contributed by atoms with Crippen LogP contribution in [0.3, 0.4) is 0 Å². The first-order valence-corrected chi connectivity index (χ1v) is 33.8. The zero-order valence-corrected chi connectivity index (χ0v) is 54.0. The molecule has 0 unspecified atom stereocenters. The van der Waals surface area contributed by atoms with E-state index >= 15 is 0 Å². The van der Waals surface area contributed by atoms with Crippen LogP contribution in [-0.4, -0.2) is 51.5 Å². The van der Waals surface area contributed by atoms with Crippen LogP contribution in [0.15, 0.2) is 36.4 Å². The lowest BCUT2D eigenvalue weighted by atomic mass is 10.1. The minimum absolute atomic E-state index is 0.306. The van der Waals surface area contributed by atoms with Crippen LogP contribution in [0.1, 0.15) is 299 Å². The highest BCUT2D eigenvalue weighted by molar-refractivity contribution is 14.1. The van der Waals surface area contributed by atoms with Crippen LogP contribution in [0.5, 0.6) is 34.5 Å². The summed E-state index contributed by atoms with van der Waals surface area (Å²) in [5.41, 5.74) is 2.74. The molecule has 0 saturated heterocycles. The van der Waals surface area contributed by atoms with Gasteiger partial charge < -0.3 is 39.1 Å². The Morgan fingerprint density at radius 3 is 0.775 bits per heavy atom. The van der Waals surface area contributed by atoms with Gasteiger partial charge in [0.2, 0.25) is 11.5 Å². The van der Waals surface area contributed by atoms with Crippen LogP contribution in [0.25, 0.3) is 0 Å². The number of amides is 2. The number of ether oxygens (including phenoxy) is 6. The molecule has 3 aromatic carbocycles. The SMILES string of the molecule is CCCCCCCCOc1cc(C(=O)Nc2cc(I)cc(NC(=O)c3cc(OCCCCCCCC)c(OCCCCCCCC)c(OCCCCCCCC)c3)c2C)cc(OCCCCCCCC)c1OCCCCCCCC. The summed E-state index contributed by atoms with van der Waals surface area (Å²) < 4.78 is 40.2. The van der Waals surface area contributed by atoms with Gasteiger partial charge in [-0.1, -0.05) is 234 Å². The molecule has 10 nitrogen and oxygen atoms in total. The van der Waals surface area contributed by atoms with E-state index in [0.29, 0.717) is 96.6 Å². The third-order valence-corrected chi connectivity index (χ3v) is 15.6. The van der Waals surface area contributed by atoms with Gasteiger partial charge in [-0.25, -0.2) is 0 Å². The number of hydrogen-bond acceptors (Lipinski definition) is 8. The summed E-state index contributed by atoms with van der Waals surface area (Å²) in [5, 5.41) is 6.43. The summed E-state index contributed by atoms with van der Waals surface area (Å²) in [4.78, 5) is 29.2. The maximum Gasteiger partial charge on any atom is 0.255 e. The number of carbonyl (C=O) groups is 2. The van der Waals surface area contributed by atoms with E-state index in [-0.39, 0.29) is 11.8 Å². The summed E-state index contributed by atoms with van der Waals surface area (Å²) in [6, 6.07) is 11.1. The predicted octanol–water partition coefficient (Wildman–Crippen LogP) is 21.5. The van der Waals surface area contributed by atoms with E-state index in [9.17, 15) is 9.59 Å². The van der Waals surface area contributed by atoms with Crippen LogP contribution in [0.2, 0.25) is 0 Å². The monoisotopic (exact) mass is 1220 g/mol. The lowest BCUT2D eigenvalue weighted by Crippen LogP contribution is -2.17. The Morgan fingerprint density at radius 2 is 0.537 bits per heavy atom. The number of nitrogens with one attached hydrogen (secondary N) is 2. The van der Waals surface area contributed by atoms with Crippen LogP contribution in [0, 0.1) is 10.5 Å². The second-order valence-corrected chi connectivity index (χ2v) is 23.6. The summed E-state index contributed by atoms with van der Waals surface area (Å²) in [6.07, 6.45) is 41.3. The zero-order valence-electron chi connectivity index (χ0n) is 51.8. The van der Waals surface area contributed by atoms with E-state index in [1.165, 1.54) is 154 Å². The number of unbranched alkanes of at least 4 members (excludes halogenated alkanes) is 30. The number of halogens is 1. The van der Waals surface area contributed by atoms with Crippen molar-refractivity contribution < 1.29 is 38.0 Å². The lowest BCUT2D eigenvalue weighted by molar-refractivity contribution is 0.101. The van der Waals surface area contributed by atoms with Gasteiger partial charge in [0.15, 0.2) is 23.0 Å². The van der Waals surface area contributed by atoms with Crippen molar-refractivity contribution in [1.29, 1.82) is 0 Å². The fourth-order valence-electron chi connectivity index (χ4n) is 9.83. The van der Waals surface area contributed by atoms with Crippen molar-refractivity contribution in [2.24, 2.45) is 0 Å². The van der Waals surface area contributed by atoms with Crippen molar-refractivity contribution >= 4 is 45.8 Å². The van der Waals surface area contributed by atoms with Crippen molar-refractivity contribution in [2.45, 2.75) is 280 Å². The molecule has 2 amide bonds. The van der Waals surface area contributed by atoms with Crippen molar-refractivity contribution in [3.63, 3.8) is 0 Å². The highest BCUT2D eigenvalue weighted by Crippen LogP contribution is 2.42. The summed E-state index contributed by atoms with van der Waals surface area (Å²) in [5.74, 6) is 2.68. The first kappa shape index (κ1) is 70.4. The molecule has 80 heavy (non-hydrogen) atoms. The highest BCUT2D eigenvalue weighted by atomic mass is 127. The summed E-state index contributed by atoms with van der Waals surface area (Å²) in [7, 11) is 0. The molecule has 0 aromatic heterocycles. The van der Waals surface area contributed by atoms with Crippen molar-refractivity contribution in [3.8, 4) is 34.5 Å². The van der Waals surface area contributed by atoms with Crippen molar-refractivity contribution in [3.05, 3.63) is 56.7 Å². The number of rotatable bonds is 52. The van der Waals surface area contributed by atoms with Gasteiger partial charge in [-0.15, -0.1) is 0 Å². The second kappa shape index (κ2) is 46.6. The quantitative estimate of drug-likeness (QED) is 0.0424. The first-order chi connectivity index (χ1) is 39.2. The van der Waals surface area contributed by atoms with Gasteiger partial charge in [0.25, 0.3) is 11.8 Å². The molecule has 0 aliphatic rings. The Balaban J connectivity index is 1.98. The number of benzene rings is 3. The van der Waals surface area contributed by atoms with Crippen LogP contribution in [-0.2, 0) is 0 Å². The molecule has 0 aliphatic heterocycles. The minimum atomic E-state index is -0.306. The average Bonchev–Trinajstić information content (AvgIpc) is 3.47. The van der Waals surface area contributed by atoms with E-state index in [2.05, 4.69) is 74.8 Å². The molecule has 0 radical (unpaired) electrons. The third kappa shape index (κ3) is 30.4. The fraction of sp³-hybridized carbons (Fsp3) is 0.710. The van der Waals surface area contributed by atoms with Crippen molar-refractivity contribution in [2.75, 3.05) is 50.3 Å². The molecule has 0 aliphatic carbocycles. The van der Waals surface area contributed by atoms with Gasteiger partial charge >= 0.3 is 0 Å². The van der Waals surface area contributed by atoms with E-state index in [1.54, 1.807) is 0 Å². The Hall–Kier alpha value is -3.87. The van der Waals surface area contributed by atoms with Gasteiger partial charge in [0, 0.05) is 26.1 Å². The molecule has 0 spiro atoms. The maximum atomic E-state index is 14.6. The van der Waals surface area contributed by atoms with Gasteiger partial charge in [-0.2, -0.15) is 0 Å². The highest BCUT2D eigenvalue weighted by Gasteiger charge is 2.23. The Bertz CT molecular complexity index is 1860. The third-order valence-electron chi connectivity index (χ3n) is 14.9. The minimum Gasteiger partial charge on any atom is -0.490 e. The molecule has 0 bridgehead atoms. The molecule has 3 rings (SSSR count). The molecular formula is C69H113IN2O8. The summed E-state index contributed by atoms with van der Waals surface area (Å²) in [6.45, 7) is 18.5. The van der Waals surface area contributed by atoms with Crippen LogP contribution >= 0.6 is 22.6 Å². The van der Waals surface area contributed by atoms with Gasteiger partial charge in [-0.05, 0) is 110 Å². The van der Waals surface area contributed by atoms with Gasteiger partial charge in [-0.3, -0.25) is 9.59 Å². The summed E-state index contributed by atoms with van der Waals surface area (Å²) >= 11 is 2.25. The molecule has 0 heterocycles. The lowest BCUT2D eigenvalue weighted by Gasteiger charge is -2.20. The number of carbonyl (C=O) groups excluding carboxylic acids is 2. The maximum absolute atomic E-state index is 14.6. The van der Waals surface area contributed by atoms with Crippen molar-refractivity contribution in [1.82, 2.24) is 0 Å². The Morgan fingerprint density at radius 1 is 0.325 bits per heavy atom. The first-order valence-electron chi connectivity index (χ1n) is 32.8. The zero-order chi connectivity index (χ0) is 57.7. The predicted molar refractivity (Wildman–Crippen MR) is 346 cm³/mol. The molecule has 0 saturated carbocycles.